The van der Waals surface area contributed by atoms with Gasteiger partial charge in [-0.2, -0.15) is 4.98 Å². The number of H-pyrrole nitrogens is 1. The summed E-state index contributed by atoms with van der Waals surface area (Å²) < 4.78 is 10.1. The molecular weight excluding hydrogens is 332 g/mol. The number of rotatable bonds is 6. The molecule has 4 rings (SSSR count). The largest absolute Gasteiger partial charge is 0.377 e. The van der Waals surface area contributed by atoms with Crippen molar-refractivity contribution in [3.63, 3.8) is 0 Å². The van der Waals surface area contributed by atoms with Crippen LogP contribution in [0, 0.1) is 0 Å². The third kappa shape index (κ3) is 3.22. The van der Waals surface area contributed by atoms with Crippen LogP contribution in [0.25, 0.3) is 10.9 Å². The summed E-state index contributed by atoms with van der Waals surface area (Å²) >= 11 is 0. The van der Waals surface area contributed by atoms with Crippen molar-refractivity contribution in [1.82, 2.24) is 20.4 Å². The number of carbonyl (C=O) groups excluding carboxylic acids is 1. The fourth-order valence-electron chi connectivity index (χ4n) is 3.67. The van der Waals surface area contributed by atoms with Crippen molar-refractivity contribution in [3.8, 4) is 0 Å². The Bertz CT molecular complexity index is 915. The standard InChI is InChI=1S/C19H22N4O3/c1-25-11-16-22-17(26-23-16)9-10-20-19(24)14-7-4-6-13-12-5-2-3-8-15(12)21-18(13)14/h2-3,5,8,14,21H,4,6-7,9-11H2,1H3,(H,20,24)/t14-/m0/s1. The van der Waals surface area contributed by atoms with E-state index in [0.29, 0.717) is 31.3 Å². The molecule has 1 atom stereocenters. The second kappa shape index (κ2) is 7.29. The van der Waals surface area contributed by atoms with E-state index in [4.69, 9.17) is 9.26 Å². The molecule has 136 valence electrons. The van der Waals surface area contributed by atoms with Crippen LogP contribution in [-0.2, 0) is 29.0 Å². The number of para-hydroxylation sites is 1. The van der Waals surface area contributed by atoms with Gasteiger partial charge < -0.3 is 19.6 Å². The Balaban J connectivity index is 1.41. The first-order valence-electron chi connectivity index (χ1n) is 8.94. The van der Waals surface area contributed by atoms with Gasteiger partial charge in [-0.25, -0.2) is 0 Å². The molecule has 7 heteroatoms. The first-order valence-corrected chi connectivity index (χ1v) is 8.94. The van der Waals surface area contributed by atoms with Crippen molar-refractivity contribution < 1.29 is 14.1 Å². The number of carbonyl (C=O) groups is 1. The lowest BCUT2D eigenvalue weighted by molar-refractivity contribution is -0.122. The summed E-state index contributed by atoms with van der Waals surface area (Å²) in [5.41, 5.74) is 3.46. The van der Waals surface area contributed by atoms with E-state index in [1.165, 1.54) is 10.9 Å². The normalized spacial score (nSPS) is 16.6. The molecule has 0 saturated carbocycles. The van der Waals surface area contributed by atoms with E-state index < -0.39 is 0 Å². The Morgan fingerprint density at radius 3 is 3.19 bits per heavy atom. The van der Waals surface area contributed by atoms with Crippen LogP contribution >= 0.6 is 0 Å². The Hall–Kier alpha value is -2.67. The lowest BCUT2D eigenvalue weighted by Gasteiger charge is -2.21. The first-order chi connectivity index (χ1) is 12.8. The molecule has 0 fully saturated rings. The second-order valence-corrected chi connectivity index (χ2v) is 6.59. The summed E-state index contributed by atoms with van der Waals surface area (Å²) in [6.45, 7) is 0.792. The van der Waals surface area contributed by atoms with E-state index in [1.54, 1.807) is 7.11 Å². The average molecular weight is 354 g/mol. The summed E-state index contributed by atoms with van der Waals surface area (Å²) in [7, 11) is 1.58. The van der Waals surface area contributed by atoms with Gasteiger partial charge in [0.2, 0.25) is 11.8 Å². The highest BCUT2D eigenvalue weighted by molar-refractivity contribution is 5.90. The van der Waals surface area contributed by atoms with Gasteiger partial charge in [0.05, 0.1) is 5.92 Å². The zero-order chi connectivity index (χ0) is 17.9. The predicted molar refractivity (Wildman–Crippen MR) is 95.7 cm³/mol. The molecule has 2 N–H and O–H groups in total. The fourth-order valence-corrected chi connectivity index (χ4v) is 3.67. The minimum absolute atomic E-state index is 0.0501. The van der Waals surface area contributed by atoms with Crippen LogP contribution in [0.5, 0.6) is 0 Å². The molecule has 1 amide bonds. The molecule has 1 aromatic carbocycles. The quantitative estimate of drug-likeness (QED) is 0.709. The molecule has 0 unspecified atom stereocenters. The van der Waals surface area contributed by atoms with Crippen LogP contribution in [0.1, 0.15) is 41.7 Å². The number of methoxy groups -OCH3 is 1. The molecular formula is C19H22N4O3. The zero-order valence-electron chi connectivity index (χ0n) is 14.7. The number of aromatic nitrogens is 3. The second-order valence-electron chi connectivity index (χ2n) is 6.59. The highest BCUT2D eigenvalue weighted by atomic mass is 16.5. The Morgan fingerprint density at radius 1 is 1.42 bits per heavy atom. The Morgan fingerprint density at radius 2 is 2.31 bits per heavy atom. The number of hydrogen-bond acceptors (Lipinski definition) is 5. The minimum Gasteiger partial charge on any atom is -0.377 e. The number of nitrogens with zero attached hydrogens (tertiary/aromatic N) is 2. The van der Waals surface area contributed by atoms with Crippen LogP contribution in [0.3, 0.4) is 0 Å². The van der Waals surface area contributed by atoms with Gasteiger partial charge in [0, 0.05) is 36.7 Å². The van der Waals surface area contributed by atoms with Crippen LogP contribution in [-0.4, -0.2) is 34.7 Å². The Labute approximate surface area is 151 Å². The summed E-state index contributed by atoms with van der Waals surface area (Å²) in [5, 5.41) is 8.06. The van der Waals surface area contributed by atoms with Gasteiger partial charge in [0.15, 0.2) is 5.82 Å². The molecule has 2 aromatic heterocycles. The smallest absolute Gasteiger partial charge is 0.229 e. The molecule has 3 aromatic rings. The summed E-state index contributed by atoms with van der Waals surface area (Å²) in [4.78, 5) is 20.4. The number of aromatic amines is 1. The van der Waals surface area contributed by atoms with Crippen LogP contribution in [0.15, 0.2) is 28.8 Å². The lowest BCUT2D eigenvalue weighted by Crippen LogP contribution is -2.32. The summed E-state index contributed by atoms with van der Waals surface area (Å²) in [6, 6.07) is 8.25. The van der Waals surface area contributed by atoms with E-state index >= 15 is 0 Å². The summed E-state index contributed by atoms with van der Waals surface area (Å²) in [5.74, 6) is 0.947. The van der Waals surface area contributed by atoms with Crippen LogP contribution < -0.4 is 5.32 Å². The highest BCUT2D eigenvalue weighted by Crippen LogP contribution is 2.36. The molecule has 0 radical (unpaired) electrons. The molecule has 0 spiro atoms. The van der Waals surface area contributed by atoms with E-state index in [-0.39, 0.29) is 11.8 Å². The summed E-state index contributed by atoms with van der Waals surface area (Å²) in [6.07, 6.45) is 3.42. The number of nitrogens with one attached hydrogen (secondary N) is 2. The SMILES string of the molecule is COCc1noc(CCNC(=O)[C@H]2CCCc3c2[nH]c2ccccc32)n1. The third-order valence-corrected chi connectivity index (χ3v) is 4.85. The number of benzene rings is 1. The van der Waals surface area contributed by atoms with Crippen molar-refractivity contribution >= 4 is 16.8 Å². The number of amides is 1. The molecule has 0 saturated heterocycles. The zero-order valence-corrected chi connectivity index (χ0v) is 14.7. The van der Waals surface area contributed by atoms with Crippen molar-refractivity contribution in [2.24, 2.45) is 0 Å². The highest BCUT2D eigenvalue weighted by Gasteiger charge is 2.29. The molecule has 7 nitrogen and oxygen atoms in total. The molecule has 1 aliphatic carbocycles. The maximum Gasteiger partial charge on any atom is 0.229 e. The molecule has 0 bridgehead atoms. The number of hydrogen-bond donors (Lipinski definition) is 2. The molecule has 0 aliphatic heterocycles. The van der Waals surface area contributed by atoms with Gasteiger partial charge in [-0.1, -0.05) is 23.4 Å². The molecule has 26 heavy (non-hydrogen) atoms. The Kier molecular flexibility index (Phi) is 4.71. The number of fused-ring (bicyclic) bond motifs is 3. The van der Waals surface area contributed by atoms with E-state index in [2.05, 4.69) is 32.6 Å². The van der Waals surface area contributed by atoms with E-state index in [1.807, 2.05) is 12.1 Å². The van der Waals surface area contributed by atoms with Crippen molar-refractivity contribution in [1.29, 1.82) is 0 Å². The van der Waals surface area contributed by atoms with E-state index in [0.717, 1.165) is 30.5 Å². The minimum atomic E-state index is -0.127. The topological polar surface area (TPSA) is 93.0 Å². The average Bonchev–Trinajstić information content (AvgIpc) is 3.26. The van der Waals surface area contributed by atoms with Crippen molar-refractivity contribution in [2.45, 2.75) is 38.2 Å². The monoisotopic (exact) mass is 354 g/mol. The van der Waals surface area contributed by atoms with Crippen molar-refractivity contribution in [2.75, 3.05) is 13.7 Å². The van der Waals surface area contributed by atoms with Crippen LogP contribution in [0.2, 0.25) is 0 Å². The van der Waals surface area contributed by atoms with Gasteiger partial charge in [-0.15, -0.1) is 0 Å². The predicted octanol–water partition coefficient (Wildman–Crippen LogP) is 2.48. The fraction of sp³-hybridized carbons (Fsp3) is 0.421. The molecule has 1 aliphatic rings. The third-order valence-electron chi connectivity index (χ3n) is 4.85. The van der Waals surface area contributed by atoms with Gasteiger partial charge in [0.25, 0.3) is 0 Å². The maximum absolute atomic E-state index is 12.7. The molecule has 2 heterocycles. The van der Waals surface area contributed by atoms with Gasteiger partial charge in [-0.05, 0) is 30.9 Å². The number of ether oxygens (including phenoxy) is 1. The maximum atomic E-state index is 12.7. The van der Waals surface area contributed by atoms with Gasteiger partial charge in [-0.3, -0.25) is 4.79 Å². The lowest BCUT2D eigenvalue weighted by atomic mass is 9.86. The number of aryl methyl sites for hydroxylation is 1. The van der Waals surface area contributed by atoms with E-state index in [9.17, 15) is 4.79 Å². The van der Waals surface area contributed by atoms with Crippen molar-refractivity contribution in [3.05, 3.63) is 47.2 Å². The van der Waals surface area contributed by atoms with Gasteiger partial charge >= 0.3 is 0 Å². The van der Waals surface area contributed by atoms with Crippen LogP contribution in [0.4, 0.5) is 0 Å². The first kappa shape index (κ1) is 16.8. The van der Waals surface area contributed by atoms with Gasteiger partial charge in [0.1, 0.15) is 6.61 Å².